The molecule has 1 aliphatic rings. The smallest absolute Gasteiger partial charge is 0.335 e. The Hall–Kier alpha value is -1.95. The number of imide groups is 2. The van der Waals surface area contributed by atoms with E-state index < -0.39 is 17.8 Å². The highest BCUT2D eigenvalue weighted by Gasteiger charge is 2.36. The number of carbonyl (C=O) groups excluding carboxylic acids is 3. The Bertz CT molecular complexity index is 977. The highest BCUT2D eigenvalue weighted by Crippen LogP contribution is 2.28. The van der Waals surface area contributed by atoms with Gasteiger partial charge in [-0.05, 0) is 93.1 Å². The molecule has 2 aromatic carbocycles. The molecular formula is C20H17I2N3O3. The van der Waals surface area contributed by atoms with Gasteiger partial charge in [0.05, 0.1) is 11.4 Å². The van der Waals surface area contributed by atoms with Crippen molar-refractivity contribution in [3.63, 3.8) is 0 Å². The summed E-state index contributed by atoms with van der Waals surface area (Å²) in [5.74, 6) is -1.33. The number of hydrogen-bond donors (Lipinski definition) is 2. The second kappa shape index (κ2) is 8.60. The number of hydrogen-bond acceptors (Lipinski definition) is 4. The number of amides is 4. The van der Waals surface area contributed by atoms with Crippen LogP contribution in [0.15, 0.2) is 42.0 Å². The van der Waals surface area contributed by atoms with Crippen LogP contribution in [0.3, 0.4) is 0 Å². The molecule has 6 nitrogen and oxygen atoms in total. The zero-order chi connectivity index (χ0) is 20.4. The molecule has 0 atom stereocenters. The summed E-state index contributed by atoms with van der Waals surface area (Å²) < 4.78 is 1.93. The molecule has 0 aromatic heterocycles. The van der Waals surface area contributed by atoms with Crippen LogP contribution >= 0.6 is 45.2 Å². The second-order valence-electron chi connectivity index (χ2n) is 6.09. The maximum absolute atomic E-state index is 13.0. The number of nitrogens with zero attached hydrogens (tertiary/aromatic N) is 1. The van der Waals surface area contributed by atoms with Gasteiger partial charge in [-0.25, -0.2) is 9.69 Å². The zero-order valence-electron chi connectivity index (χ0n) is 15.2. The average Bonchev–Trinajstić information content (AvgIpc) is 2.65. The third kappa shape index (κ3) is 4.07. The molecule has 1 heterocycles. The topological polar surface area (TPSA) is 78.5 Å². The fourth-order valence-electron chi connectivity index (χ4n) is 2.85. The summed E-state index contributed by atoms with van der Waals surface area (Å²) >= 11 is 4.39. The van der Waals surface area contributed by atoms with Gasteiger partial charge in [0.25, 0.3) is 11.8 Å². The van der Waals surface area contributed by atoms with E-state index in [9.17, 15) is 14.4 Å². The molecule has 0 spiro atoms. The quantitative estimate of drug-likeness (QED) is 0.314. The van der Waals surface area contributed by atoms with Gasteiger partial charge in [0, 0.05) is 14.2 Å². The number of urea groups is 1. The predicted molar refractivity (Wildman–Crippen MR) is 126 cm³/mol. The van der Waals surface area contributed by atoms with Crippen LogP contribution in [0.2, 0.25) is 0 Å². The number of anilines is 2. The van der Waals surface area contributed by atoms with Crippen LogP contribution < -0.4 is 15.5 Å². The summed E-state index contributed by atoms with van der Waals surface area (Å²) in [6, 6.07) is 10.1. The lowest BCUT2D eigenvalue weighted by Crippen LogP contribution is -2.54. The van der Waals surface area contributed by atoms with E-state index in [1.165, 1.54) is 6.08 Å². The van der Waals surface area contributed by atoms with E-state index in [-0.39, 0.29) is 5.57 Å². The van der Waals surface area contributed by atoms with Crippen molar-refractivity contribution in [1.82, 2.24) is 5.32 Å². The Morgan fingerprint density at radius 3 is 2.21 bits per heavy atom. The lowest BCUT2D eigenvalue weighted by Gasteiger charge is -2.26. The Morgan fingerprint density at radius 1 is 1.07 bits per heavy atom. The van der Waals surface area contributed by atoms with Crippen molar-refractivity contribution in [2.75, 3.05) is 17.3 Å². The summed E-state index contributed by atoms with van der Waals surface area (Å²) in [6.45, 7) is 2.02. The van der Waals surface area contributed by atoms with Crippen LogP contribution in [0.25, 0.3) is 6.08 Å². The minimum absolute atomic E-state index is 0.0806. The molecule has 144 valence electrons. The summed E-state index contributed by atoms with van der Waals surface area (Å²) in [7, 11) is 1.84. The molecule has 1 saturated heterocycles. The largest absolute Gasteiger partial charge is 0.386 e. The van der Waals surface area contributed by atoms with E-state index in [4.69, 9.17) is 0 Å². The van der Waals surface area contributed by atoms with E-state index in [0.717, 1.165) is 29.7 Å². The molecule has 8 heteroatoms. The van der Waals surface area contributed by atoms with Crippen LogP contribution in [0.4, 0.5) is 16.2 Å². The third-order valence-electron chi connectivity index (χ3n) is 4.33. The number of benzene rings is 2. The molecule has 2 N–H and O–H groups in total. The van der Waals surface area contributed by atoms with Crippen LogP contribution in [-0.4, -0.2) is 24.9 Å². The molecule has 1 aliphatic heterocycles. The summed E-state index contributed by atoms with van der Waals surface area (Å²) in [5, 5.41) is 5.37. The normalized spacial score (nSPS) is 15.8. The first-order valence-corrected chi connectivity index (χ1v) is 10.7. The summed E-state index contributed by atoms with van der Waals surface area (Å²) in [4.78, 5) is 38.6. The Balaban J connectivity index is 2.01. The van der Waals surface area contributed by atoms with Crippen LogP contribution in [0.5, 0.6) is 0 Å². The summed E-state index contributed by atoms with van der Waals surface area (Å²) in [5.41, 5.74) is 3.13. The van der Waals surface area contributed by atoms with Gasteiger partial charge < -0.3 is 5.32 Å². The SMILES string of the molecule is CCc1ccc(N2C(=O)NC(=O)/C(=C/c3cc(I)c(NC)c(I)c3)C2=O)cc1. The van der Waals surface area contributed by atoms with Gasteiger partial charge in [-0.15, -0.1) is 0 Å². The van der Waals surface area contributed by atoms with Crippen molar-refractivity contribution in [2.45, 2.75) is 13.3 Å². The molecule has 2 aromatic rings. The van der Waals surface area contributed by atoms with Gasteiger partial charge >= 0.3 is 6.03 Å². The number of barbiturate groups is 1. The fraction of sp³-hybridized carbons (Fsp3) is 0.150. The van der Waals surface area contributed by atoms with E-state index in [2.05, 4.69) is 55.8 Å². The third-order valence-corrected chi connectivity index (χ3v) is 6.03. The van der Waals surface area contributed by atoms with Crippen molar-refractivity contribution in [1.29, 1.82) is 0 Å². The van der Waals surface area contributed by atoms with Gasteiger partial charge in [-0.3, -0.25) is 14.9 Å². The van der Waals surface area contributed by atoms with Gasteiger partial charge in [0.2, 0.25) is 0 Å². The van der Waals surface area contributed by atoms with Crippen LogP contribution in [0, 0.1) is 7.14 Å². The Morgan fingerprint density at radius 2 is 1.68 bits per heavy atom. The molecule has 0 bridgehead atoms. The molecule has 0 saturated carbocycles. The Labute approximate surface area is 190 Å². The van der Waals surface area contributed by atoms with Gasteiger partial charge in [-0.2, -0.15) is 0 Å². The van der Waals surface area contributed by atoms with E-state index >= 15 is 0 Å². The monoisotopic (exact) mass is 601 g/mol. The Kier molecular flexibility index (Phi) is 6.38. The number of halogens is 2. The number of carbonyl (C=O) groups is 3. The second-order valence-corrected chi connectivity index (χ2v) is 8.41. The first-order chi connectivity index (χ1) is 13.3. The molecule has 3 rings (SSSR count). The first kappa shape index (κ1) is 20.8. The molecule has 0 aliphatic carbocycles. The van der Waals surface area contributed by atoms with E-state index in [1.807, 2.05) is 38.2 Å². The highest BCUT2D eigenvalue weighted by atomic mass is 127. The highest BCUT2D eigenvalue weighted by molar-refractivity contribution is 14.1. The van der Waals surface area contributed by atoms with Crippen molar-refractivity contribution >= 4 is 80.5 Å². The standard InChI is InChI=1S/C20H17I2N3O3/c1-3-11-4-6-13(7-5-11)25-19(27)14(18(26)24-20(25)28)8-12-9-15(21)17(23-2)16(22)10-12/h4-10,23H,3H2,1-2H3,(H,24,26,28)/b14-8-. The van der Waals surface area contributed by atoms with Crippen molar-refractivity contribution < 1.29 is 14.4 Å². The lowest BCUT2D eigenvalue weighted by atomic mass is 10.1. The number of nitrogens with one attached hydrogen (secondary N) is 2. The van der Waals surface area contributed by atoms with Crippen molar-refractivity contribution in [3.05, 3.63) is 60.2 Å². The van der Waals surface area contributed by atoms with Gasteiger partial charge in [-0.1, -0.05) is 19.1 Å². The molecule has 1 fully saturated rings. The molecule has 0 unspecified atom stereocenters. The van der Waals surface area contributed by atoms with Crippen LogP contribution in [0.1, 0.15) is 18.1 Å². The van der Waals surface area contributed by atoms with Crippen molar-refractivity contribution in [3.8, 4) is 0 Å². The van der Waals surface area contributed by atoms with Crippen LogP contribution in [-0.2, 0) is 16.0 Å². The zero-order valence-corrected chi connectivity index (χ0v) is 19.5. The maximum atomic E-state index is 13.0. The maximum Gasteiger partial charge on any atom is 0.335 e. The minimum atomic E-state index is -0.744. The number of aryl methyl sites for hydroxylation is 1. The molecule has 0 radical (unpaired) electrons. The number of rotatable bonds is 4. The first-order valence-electron chi connectivity index (χ1n) is 8.53. The molecule has 28 heavy (non-hydrogen) atoms. The van der Waals surface area contributed by atoms with Crippen molar-refractivity contribution in [2.24, 2.45) is 0 Å². The minimum Gasteiger partial charge on any atom is -0.386 e. The van der Waals surface area contributed by atoms with E-state index in [1.54, 1.807) is 12.1 Å². The predicted octanol–water partition coefficient (Wildman–Crippen LogP) is 4.17. The molecular weight excluding hydrogens is 584 g/mol. The fourth-order valence-corrected chi connectivity index (χ4v) is 5.21. The van der Waals surface area contributed by atoms with Gasteiger partial charge in [0.1, 0.15) is 5.57 Å². The van der Waals surface area contributed by atoms with E-state index in [0.29, 0.717) is 11.3 Å². The average molecular weight is 601 g/mol. The van der Waals surface area contributed by atoms with Gasteiger partial charge in [0.15, 0.2) is 0 Å². The lowest BCUT2D eigenvalue weighted by molar-refractivity contribution is -0.122. The molecule has 4 amide bonds. The summed E-state index contributed by atoms with van der Waals surface area (Å²) in [6.07, 6.45) is 2.37.